The number of thiophene rings is 1. The van der Waals surface area contributed by atoms with E-state index in [4.69, 9.17) is 9.97 Å². The van der Waals surface area contributed by atoms with Crippen LogP contribution in [0.4, 0.5) is 11.5 Å². The topological polar surface area (TPSA) is 124 Å². The van der Waals surface area contributed by atoms with Gasteiger partial charge < -0.3 is 15.6 Å². The lowest BCUT2D eigenvalue weighted by Crippen LogP contribution is -2.19. The Hall–Kier alpha value is -4.57. The normalized spacial score (nSPS) is 13.1. The van der Waals surface area contributed by atoms with Gasteiger partial charge in [0.2, 0.25) is 5.91 Å². The number of hydrogen-bond donors (Lipinski definition) is 4. The fraction of sp³-hybridized carbons (Fsp3) is 0.179. The van der Waals surface area contributed by atoms with Gasteiger partial charge in [-0.25, -0.2) is 9.97 Å². The van der Waals surface area contributed by atoms with Crippen LogP contribution >= 0.6 is 11.3 Å². The van der Waals surface area contributed by atoms with Gasteiger partial charge in [0.25, 0.3) is 0 Å². The van der Waals surface area contributed by atoms with Gasteiger partial charge in [0.1, 0.15) is 5.52 Å². The Morgan fingerprint density at radius 2 is 2.00 bits per heavy atom. The van der Waals surface area contributed by atoms with E-state index >= 15 is 0 Å². The molecule has 5 aromatic rings. The summed E-state index contributed by atoms with van der Waals surface area (Å²) >= 11 is 1.65. The van der Waals surface area contributed by atoms with Crippen molar-refractivity contribution in [1.29, 1.82) is 0 Å². The van der Waals surface area contributed by atoms with Gasteiger partial charge in [0.05, 0.1) is 28.8 Å². The van der Waals surface area contributed by atoms with Crippen LogP contribution in [-0.2, 0) is 4.79 Å². The molecule has 0 saturated carbocycles. The van der Waals surface area contributed by atoms with E-state index in [-0.39, 0.29) is 11.3 Å². The average molecular weight is 523 g/mol. The minimum atomic E-state index is -0.102. The summed E-state index contributed by atoms with van der Waals surface area (Å²) in [6.07, 6.45) is 9.68. The Labute approximate surface area is 223 Å². The van der Waals surface area contributed by atoms with Crippen molar-refractivity contribution < 1.29 is 4.79 Å². The molecule has 1 amide bonds. The molecule has 38 heavy (non-hydrogen) atoms. The molecular weight excluding hydrogens is 496 g/mol. The zero-order valence-corrected chi connectivity index (χ0v) is 22.0. The molecule has 9 nitrogen and oxygen atoms in total. The highest BCUT2D eigenvalue weighted by Crippen LogP contribution is 2.34. The Morgan fingerprint density at radius 1 is 1.11 bits per heavy atom. The summed E-state index contributed by atoms with van der Waals surface area (Å²) in [5, 5.41) is 18.0. The van der Waals surface area contributed by atoms with Crippen molar-refractivity contribution in [3.8, 4) is 22.8 Å². The quantitative estimate of drug-likeness (QED) is 0.217. The monoisotopic (exact) mass is 522 g/mol. The van der Waals surface area contributed by atoms with Gasteiger partial charge in [-0.15, -0.1) is 0 Å². The van der Waals surface area contributed by atoms with Gasteiger partial charge in [-0.2, -0.15) is 16.4 Å². The number of rotatable bonds is 5. The zero-order valence-electron chi connectivity index (χ0n) is 21.2. The summed E-state index contributed by atoms with van der Waals surface area (Å²) in [5.74, 6) is 1.28. The molecule has 190 valence electrons. The first-order chi connectivity index (χ1) is 18.3. The van der Waals surface area contributed by atoms with Crippen molar-refractivity contribution in [2.24, 2.45) is 5.41 Å². The number of nitrogens with zero attached hydrogens (tertiary/aromatic N) is 4. The third-order valence-corrected chi connectivity index (χ3v) is 6.71. The van der Waals surface area contributed by atoms with Crippen LogP contribution in [0.3, 0.4) is 0 Å². The van der Waals surface area contributed by atoms with Gasteiger partial charge >= 0.3 is 0 Å². The molecule has 6 rings (SSSR count). The maximum atomic E-state index is 12.4. The van der Waals surface area contributed by atoms with Gasteiger partial charge in [0, 0.05) is 30.0 Å². The van der Waals surface area contributed by atoms with Crippen molar-refractivity contribution in [2.75, 3.05) is 10.6 Å². The predicted molar refractivity (Wildman–Crippen MR) is 152 cm³/mol. The van der Waals surface area contributed by atoms with Gasteiger partial charge in [-0.1, -0.05) is 26.8 Å². The highest BCUT2D eigenvalue weighted by molar-refractivity contribution is 7.08. The first-order valence-electron chi connectivity index (χ1n) is 12.2. The molecule has 1 aliphatic heterocycles. The van der Waals surface area contributed by atoms with Crippen molar-refractivity contribution in [1.82, 2.24) is 30.1 Å². The van der Waals surface area contributed by atoms with Gasteiger partial charge in [0.15, 0.2) is 17.3 Å². The molecule has 0 fully saturated rings. The lowest BCUT2D eigenvalue weighted by molar-refractivity contribution is -0.117. The highest BCUT2D eigenvalue weighted by Gasteiger charge is 2.21. The largest absolute Gasteiger partial charge is 0.345 e. The lowest BCUT2D eigenvalue weighted by atomic mass is 9.92. The lowest BCUT2D eigenvalue weighted by Gasteiger charge is -2.17. The minimum Gasteiger partial charge on any atom is -0.345 e. The van der Waals surface area contributed by atoms with Crippen molar-refractivity contribution >= 4 is 45.4 Å². The molecule has 0 saturated heterocycles. The van der Waals surface area contributed by atoms with E-state index in [1.165, 1.54) is 0 Å². The fourth-order valence-corrected chi connectivity index (χ4v) is 5.01. The number of H-pyrrole nitrogens is 2. The Kier molecular flexibility index (Phi) is 5.88. The third-order valence-electron chi connectivity index (χ3n) is 6.03. The molecule has 0 aliphatic carbocycles. The Balaban J connectivity index is 1.34. The second kappa shape index (κ2) is 9.38. The molecule has 10 heteroatoms. The first kappa shape index (κ1) is 23.8. The van der Waals surface area contributed by atoms with Crippen molar-refractivity contribution in [3.63, 3.8) is 0 Å². The van der Waals surface area contributed by atoms with E-state index in [1.807, 2.05) is 51.2 Å². The number of allylic oxidation sites excluding steroid dienone is 2. The number of imidazole rings is 1. The number of nitrogens with one attached hydrogen (secondary N) is 4. The SMILES string of the molecule is CC(C)(C)CC(=O)Nc1cncc(-c2ccc3[nH]nc(-c4nc5c([nH]4)C(c4ccsc4)=CC=CN5)c3n2)c1. The molecule has 0 unspecified atom stereocenters. The number of fused-ring (bicyclic) bond motifs is 2. The molecule has 4 N–H and O–H groups in total. The number of carbonyl (C=O) groups is 1. The number of carbonyl (C=O) groups excluding carboxylic acids is 1. The van der Waals surface area contributed by atoms with Gasteiger partial charge in [-0.05, 0) is 52.1 Å². The summed E-state index contributed by atoms with van der Waals surface area (Å²) in [4.78, 5) is 29.9. The summed E-state index contributed by atoms with van der Waals surface area (Å²) in [7, 11) is 0. The van der Waals surface area contributed by atoms with Crippen LogP contribution in [0.2, 0.25) is 0 Å². The third kappa shape index (κ3) is 4.73. The van der Waals surface area contributed by atoms with Crippen LogP contribution in [0.5, 0.6) is 0 Å². The molecule has 0 bridgehead atoms. The second-order valence-electron chi connectivity index (χ2n) is 10.3. The molecule has 0 radical (unpaired) electrons. The number of aromatic amines is 2. The maximum Gasteiger partial charge on any atom is 0.224 e. The molecular formula is C28H26N8OS. The number of amides is 1. The zero-order chi connectivity index (χ0) is 26.3. The summed E-state index contributed by atoms with van der Waals surface area (Å²) in [6, 6.07) is 7.81. The van der Waals surface area contributed by atoms with E-state index in [1.54, 1.807) is 23.7 Å². The van der Waals surface area contributed by atoms with Crippen LogP contribution in [-0.4, -0.2) is 36.0 Å². The second-order valence-corrected chi connectivity index (χ2v) is 11.1. The number of anilines is 2. The molecule has 0 aromatic carbocycles. The molecule has 6 heterocycles. The molecule has 0 atom stereocenters. The van der Waals surface area contributed by atoms with Crippen LogP contribution < -0.4 is 10.6 Å². The van der Waals surface area contributed by atoms with E-state index in [0.29, 0.717) is 34.8 Å². The molecule has 5 aromatic heterocycles. The number of hydrogen-bond acceptors (Lipinski definition) is 7. The average Bonchev–Trinajstić information content (AvgIpc) is 3.61. The fourth-order valence-electron chi connectivity index (χ4n) is 4.36. The van der Waals surface area contributed by atoms with E-state index < -0.39 is 0 Å². The van der Waals surface area contributed by atoms with E-state index in [0.717, 1.165) is 33.7 Å². The maximum absolute atomic E-state index is 12.4. The van der Waals surface area contributed by atoms with Crippen molar-refractivity contribution in [3.05, 3.63) is 77.0 Å². The van der Waals surface area contributed by atoms with E-state index in [9.17, 15) is 4.79 Å². The molecule has 1 aliphatic rings. The summed E-state index contributed by atoms with van der Waals surface area (Å²) in [6.45, 7) is 6.10. The smallest absolute Gasteiger partial charge is 0.224 e. The Bertz CT molecular complexity index is 1700. The van der Waals surface area contributed by atoms with Gasteiger partial charge in [-0.3, -0.25) is 14.9 Å². The summed E-state index contributed by atoms with van der Waals surface area (Å²) in [5.41, 5.74) is 7.18. The Morgan fingerprint density at radius 3 is 2.82 bits per heavy atom. The van der Waals surface area contributed by atoms with Crippen LogP contribution in [0.25, 0.3) is 39.4 Å². The molecule has 0 spiro atoms. The van der Waals surface area contributed by atoms with Crippen LogP contribution in [0.15, 0.2) is 65.8 Å². The minimum absolute atomic E-state index is 0.0473. The predicted octanol–water partition coefficient (Wildman–Crippen LogP) is 6.22. The van der Waals surface area contributed by atoms with Crippen molar-refractivity contribution in [2.45, 2.75) is 27.2 Å². The number of aromatic nitrogens is 6. The summed E-state index contributed by atoms with van der Waals surface area (Å²) < 4.78 is 0. The van der Waals surface area contributed by atoms with Crippen LogP contribution in [0.1, 0.15) is 38.4 Å². The van der Waals surface area contributed by atoms with Crippen LogP contribution in [0, 0.1) is 5.41 Å². The first-order valence-corrected chi connectivity index (χ1v) is 13.2. The highest BCUT2D eigenvalue weighted by atomic mass is 32.1. The number of pyridine rings is 2. The standard InChI is InChI=1S/C28H26N8OS/c1-28(2,3)12-22(37)31-18-11-17(13-29-14-18)20-6-7-21-24(32-20)25(36-35-21)27-33-23-19(16-8-10-38-15-16)5-4-9-30-26(23)34-27/h4-11,13-15,30H,12H2,1-3H3,(H,31,37)(H,33,34)(H,35,36). The van der Waals surface area contributed by atoms with E-state index in [2.05, 4.69) is 53.7 Å².